The highest BCUT2D eigenvalue weighted by Gasteiger charge is 2.09. The van der Waals surface area contributed by atoms with E-state index in [0.717, 1.165) is 5.56 Å². The quantitative estimate of drug-likeness (QED) is 0.784. The van der Waals surface area contributed by atoms with E-state index in [9.17, 15) is 9.59 Å². The molecule has 0 fully saturated rings. The average Bonchev–Trinajstić information content (AvgIpc) is 2.29. The molecule has 1 heterocycles. The Hall–Kier alpha value is -1.91. The highest BCUT2D eigenvalue weighted by molar-refractivity contribution is 5.77. The zero-order valence-electron chi connectivity index (χ0n) is 9.72. The van der Waals surface area contributed by atoms with Crippen LogP contribution in [0.2, 0.25) is 0 Å². The van der Waals surface area contributed by atoms with Crippen LogP contribution in [-0.4, -0.2) is 22.0 Å². The molecule has 0 radical (unpaired) electrons. The fourth-order valence-corrected chi connectivity index (χ4v) is 1.45. The number of hydrogen-bond donors (Lipinski definition) is 2. The van der Waals surface area contributed by atoms with Crippen LogP contribution in [0.4, 0.5) is 0 Å². The monoisotopic (exact) mass is 236 g/mol. The van der Waals surface area contributed by atoms with Crippen molar-refractivity contribution in [3.63, 3.8) is 0 Å². The topological polar surface area (TPSA) is 79.3 Å². The van der Waals surface area contributed by atoms with Gasteiger partial charge in [0.05, 0.1) is 6.04 Å². The summed E-state index contributed by atoms with van der Waals surface area (Å²) in [6, 6.07) is 3.58. The lowest BCUT2D eigenvalue weighted by atomic mass is 10.1. The summed E-state index contributed by atoms with van der Waals surface area (Å²) < 4.78 is 0. The maximum atomic E-state index is 11.5. The maximum absolute atomic E-state index is 11.5. The first-order chi connectivity index (χ1) is 8.09. The van der Waals surface area contributed by atoms with E-state index in [0.29, 0.717) is 6.42 Å². The van der Waals surface area contributed by atoms with E-state index in [4.69, 9.17) is 5.11 Å². The normalized spacial score (nSPS) is 11.8. The molecule has 1 aromatic rings. The minimum atomic E-state index is -0.875. The van der Waals surface area contributed by atoms with Crippen LogP contribution in [0.25, 0.3) is 0 Å². The molecule has 2 N–H and O–H groups in total. The highest BCUT2D eigenvalue weighted by atomic mass is 16.4. The Balaban J connectivity index is 2.34. The molecule has 1 aromatic heterocycles. The molecule has 5 heteroatoms. The van der Waals surface area contributed by atoms with E-state index in [1.165, 1.54) is 0 Å². The SMILES string of the molecule is C[C@H](NC(=O)CCCC(=O)O)c1ccncc1. The molecule has 17 heavy (non-hydrogen) atoms. The lowest BCUT2D eigenvalue weighted by molar-refractivity contribution is -0.137. The fraction of sp³-hybridized carbons (Fsp3) is 0.417. The number of carboxylic acids is 1. The highest BCUT2D eigenvalue weighted by Crippen LogP contribution is 2.10. The first kappa shape index (κ1) is 13.2. The minimum absolute atomic E-state index is 0.0249. The third kappa shape index (κ3) is 5.10. The summed E-state index contributed by atoms with van der Waals surface area (Å²) >= 11 is 0. The lowest BCUT2D eigenvalue weighted by Crippen LogP contribution is -2.26. The molecule has 0 bridgehead atoms. The van der Waals surface area contributed by atoms with Crippen molar-refractivity contribution in [1.82, 2.24) is 10.3 Å². The van der Waals surface area contributed by atoms with Gasteiger partial charge in [-0.1, -0.05) is 0 Å². The number of aromatic nitrogens is 1. The van der Waals surface area contributed by atoms with Crippen molar-refractivity contribution in [3.8, 4) is 0 Å². The molecule has 92 valence electrons. The number of aliphatic carboxylic acids is 1. The van der Waals surface area contributed by atoms with E-state index in [-0.39, 0.29) is 24.8 Å². The van der Waals surface area contributed by atoms with E-state index in [1.807, 2.05) is 19.1 Å². The second-order valence-electron chi connectivity index (χ2n) is 3.82. The number of nitrogens with zero attached hydrogens (tertiary/aromatic N) is 1. The van der Waals surface area contributed by atoms with Gasteiger partial charge in [0.25, 0.3) is 0 Å². The van der Waals surface area contributed by atoms with Crippen LogP contribution in [0.3, 0.4) is 0 Å². The van der Waals surface area contributed by atoms with Gasteiger partial charge < -0.3 is 10.4 Å². The van der Waals surface area contributed by atoms with E-state index >= 15 is 0 Å². The average molecular weight is 236 g/mol. The van der Waals surface area contributed by atoms with Crippen LogP contribution >= 0.6 is 0 Å². The first-order valence-electron chi connectivity index (χ1n) is 5.50. The van der Waals surface area contributed by atoms with Crippen molar-refractivity contribution in [2.24, 2.45) is 0 Å². The van der Waals surface area contributed by atoms with Crippen molar-refractivity contribution < 1.29 is 14.7 Å². The van der Waals surface area contributed by atoms with Gasteiger partial charge in [-0.05, 0) is 31.0 Å². The largest absolute Gasteiger partial charge is 0.481 e. The maximum Gasteiger partial charge on any atom is 0.303 e. The summed E-state index contributed by atoms with van der Waals surface area (Å²) in [6.07, 6.45) is 3.97. The number of amides is 1. The van der Waals surface area contributed by atoms with Crippen molar-refractivity contribution in [2.45, 2.75) is 32.2 Å². The van der Waals surface area contributed by atoms with Gasteiger partial charge in [0.15, 0.2) is 0 Å². The predicted octanol–water partition coefficient (Wildman–Crippen LogP) is 1.51. The van der Waals surface area contributed by atoms with Crippen molar-refractivity contribution in [2.75, 3.05) is 0 Å². The molecule has 0 aromatic carbocycles. The molecular weight excluding hydrogens is 220 g/mol. The summed E-state index contributed by atoms with van der Waals surface area (Å²) in [5.74, 6) is -1.00. The van der Waals surface area contributed by atoms with E-state index < -0.39 is 5.97 Å². The summed E-state index contributed by atoms with van der Waals surface area (Å²) in [4.78, 5) is 25.7. The summed E-state index contributed by atoms with van der Waals surface area (Å²) in [5.41, 5.74) is 0.978. The number of hydrogen-bond acceptors (Lipinski definition) is 3. The zero-order valence-corrected chi connectivity index (χ0v) is 9.72. The molecule has 1 atom stereocenters. The van der Waals surface area contributed by atoms with Crippen molar-refractivity contribution in [1.29, 1.82) is 0 Å². The molecule has 5 nitrogen and oxygen atoms in total. The second kappa shape index (κ2) is 6.62. The Morgan fingerprint density at radius 2 is 2.00 bits per heavy atom. The zero-order chi connectivity index (χ0) is 12.7. The van der Waals surface area contributed by atoms with Gasteiger partial charge in [-0.25, -0.2) is 0 Å². The molecular formula is C12H16N2O3. The van der Waals surface area contributed by atoms with Gasteiger partial charge in [0, 0.05) is 25.2 Å². The lowest BCUT2D eigenvalue weighted by Gasteiger charge is -2.13. The van der Waals surface area contributed by atoms with Crippen LogP contribution < -0.4 is 5.32 Å². The van der Waals surface area contributed by atoms with Gasteiger partial charge >= 0.3 is 5.97 Å². The summed E-state index contributed by atoms with van der Waals surface area (Å²) in [6.45, 7) is 1.88. The number of nitrogens with one attached hydrogen (secondary N) is 1. The number of carbonyl (C=O) groups is 2. The van der Waals surface area contributed by atoms with E-state index in [2.05, 4.69) is 10.3 Å². The standard InChI is InChI=1S/C12H16N2O3/c1-9(10-5-7-13-8-6-10)14-11(15)3-2-4-12(16)17/h5-9H,2-4H2,1H3,(H,14,15)(H,16,17)/t9-/m0/s1. The molecule has 0 spiro atoms. The molecule has 0 aliphatic rings. The Bertz CT molecular complexity index is 379. The third-order valence-electron chi connectivity index (χ3n) is 2.38. The van der Waals surface area contributed by atoms with Gasteiger partial charge in [-0.15, -0.1) is 0 Å². The van der Waals surface area contributed by atoms with Crippen molar-refractivity contribution in [3.05, 3.63) is 30.1 Å². The molecule has 0 saturated carbocycles. The summed E-state index contributed by atoms with van der Waals surface area (Å²) in [5, 5.41) is 11.3. The van der Waals surface area contributed by atoms with Gasteiger partial charge in [-0.2, -0.15) is 0 Å². The number of pyridine rings is 1. The Morgan fingerprint density at radius 1 is 1.35 bits per heavy atom. The van der Waals surface area contributed by atoms with Gasteiger partial charge in [0.2, 0.25) is 5.91 Å². The van der Waals surface area contributed by atoms with Gasteiger partial charge in [0.1, 0.15) is 0 Å². The fourth-order valence-electron chi connectivity index (χ4n) is 1.45. The number of carbonyl (C=O) groups excluding carboxylic acids is 1. The molecule has 0 aliphatic heterocycles. The van der Waals surface area contributed by atoms with E-state index in [1.54, 1.807) is 12.4 Å². The van der Waals surface area contributed by atoms with Crippen LogP contribution in [0, 0.1) is 0 Å². The predicted molar refractivity (Wildman–Crippen MR) is 62.3 cm³/mol. The number of carboxylic acid groups (broad SMARTS) is 1. The molecule has 1 rings (SSSR count). The van der Waals surface area contributed by atoms with Crippen LogP contribution in [0.15, 0.2) is 24.5 Å². The van der Waals surface area contributed by atoms with Gasteiger partial charge in [-0.3, -0.25) is 14.6 Å². The summed E-state index contributed by atoms with van der Waals surface area (Å²) in [7, 11) is 0. The minimum Gasteiger partial charge on any atom is -0.481 e. The van der Waals surface area contributed by atoms with Crippen LogP contribution in [-0.2, 0) is 9.59 Å². The Labute approximate surface area is 99.9 Å². The molecule has 0 aliphatic carbocycles. The first-order valence-corrected chi connectivity index (χ1v) is 5.50. The van der Waals surface area contributed by atoms with Crippen molar-refractivity contribution >= 4 is 11.9 Å². The van der Waals surface area contributed by atoms with Crippen LogP contribution in [0.1, 0.15) is 37.8 Å². The van der Waals surface area contributed by atoms with Crippen LogP contribution in [0.5, 0.6) is 0 Å². The molecule has 0 saturated heterocycles. The second-order valence-corrected chi connectivity index (χ2v) is 3.82. The molecule has 1 amide bonds. The molecule has 0 unspecified atom stereocenters. The Kier molecular flexibility index (Phi) is 5.13. The smallest absolute Gasteiger partial charge is 0.303 e. The third-order valence-corrected chi connectivity index (χ3v) is 2.38. The Morgan fingerprint density at radius 3 is 2.59 bits per heavy atom. The number of rotatable bonds is 6.